The van der Waals surface area contributed by atoms with Gasteiger partial charge in [-0.2, -0.15) is 11.8 Å². The lowest BCUT2D eigenvalue weighted by Gasteiger charge is -2.21. The molecule has 1 N–H and O–H groups in total. The molecule has 1 aliphatic heterocycles. The van der Waals surface area contributed by atoms with Gasteiger partial charge in [-0.3, -0.25) is 0 Å². The van der Waals surface area contributed by atoms with Crippen molar-refractivity contribution in [3.63, 3.8) is 0 Å². The van der Waals surface area contributed by atoms with E-state index in [0.29, 0.717) is 5.41 Å². The van der Waals surface area contributed by atoms with E-state index in [9.17, 15) is 0 Å². The summed E-state index contributed by atoms with van der Waals surface area (Å²) in [4.78, 5) is 0. The summed E-state index contributed by atoms with van der Waals surface area (Å²) >= 11 is 2.07. The Bertz CT molecular complexity index is 411. The number of thioether (sulfide) groups is 1. The second-order valence-corrected chi connectivity index (χ2v) is 6.57. The molecule has 2 aliphatic rings. The van der Waals surface area contributed by atoms with Crippen molar-refractivity contribution in [1.82, 2.24) is 5.32 Å². The van der Waals surface area contributed by atoms with Crippen molar-refractivity contribution >= 4 is 11.8 Å². The fourth-order valence-electron chi connectivity index (χ4n) is 2.81. The molecule has 1 saturated heterocycles. The number of benzene rings is 1. The minimum absolute atomic E-state index is 0.347. The van der Waals surface area contributed by atoms with E-state index < -0.39 is 0 Å². The van der Waals surface area contributed by atoms with Crippen molar-refractivity contribution in [2.45, 2.75) is 30.7 Å². The molecular formula is C15H21NOS. The van der Waals surface area contributed by atoms with Crippen molar-refractivity contribution in [2.24, 2.45) is 0 Å². The molecule has 1 aromatic rings. The van der Waals surface area contributed by atoms with Crippen molar-refractivity contribution < 1.29 is 4.74 Å². The third kappa shape index (κ3) is 2.39. The topological polar surface area (TPSA) is 21.3 Å². The van der Waals surface area contributed by atoms with Gasteiger partial charge in [0.05, 0.1) is 7.11 Å². The van der Waals surface area contributed by atoms with Gasteiger partial charge in [-0.1, -0.05) is 18.2 Å². The molecule has 18 heavy (non-hydrogen) atoms. The first kappa shape index (κ1) is 12.4. The molecule has 1 aromatic carbocycles. The zero-order chi connectivity index (χ0) is 12.4. The van der Waals surface area contributed by atoms with Gasteiger partial charge in [0.15, 0.2) is 0 Å². The van der Waals surface area contributed by atoms with Crippen LogP contribution in [-0.2, 0) is 5.41 Å². The number of hydrogen-bond donors (Lipinski definition) is 1. The fraction of sp³-hybridized carbons (Fsp3) is 0.600. The van der Waals surface area contributed by atoms with Crippen LogP contribution in [0.15, 0.2) is 24.3 Å². The number of methoxy groups -OCH3 is 1. The Morgan fingerprint density at radius 3 is 2.89 bits per heavy atom. The highest BCUT2D eigenvalue weighted by atomic mass is 32.2. The minimum Gasteiger partial charge on any atom is -0.496 e. The molecule has 1 aliphatic carbocycles. The summed E-state index contributed by atoms with van der Waals surface area (Å²) in [6.07, 6.45) is 3.91. The molecule has 0 radical (unpaired) electrons. The molecule has 2 nitrogen and oxygen atoms in total. The summed E-state index contributed by atoms with van der Waals surface area (Å²) in [6.45, 7) is 1.11. The van der Waals surface area contributed by atoms with Gasteiger partial charge in [0, 0.05) is 29.3 Å². The Morgan fingerprint density at radius 2 is 2.22 bits per heavy atom. The van der Waals surface area contributed by atoms with Gasteiger partial charge in [-0.15, -0.1) is 0 Å². The van der Waals surface area contributed by atoms with E-state index in [1.54, 1.807) is 7.11 Å². The predicted octanol–water partition coefficient (Wildman–Crippen LogP) is 2.82. The predicted molar refractivity (Wildman–Crippen MR) is 77.6 cm³/mol. The highest BCUT2D eigenvalue weighted by Gasteiger charge is 2.46. The Balaban J connectivity index is 1.69. The smallest absolute Gasteiger partial charge is 0.122 e. The van der Waals surface area contributed by atoms with Crippen molar-refractivity contribution in [2.75, 3.05) is 25.2 Å². The average molecular weight is 263 g/mol. The molecular weight excluding hydrogens is 242 g/mol. The van der Waals surface area contributed by atoms with Crippen LogP contribution in [0.3, 0.4) is 0 Å². The molecule has 0 amide bonds. The van der Waals surface area contributed by atoms with Gasteiger partial charge in [0.25, 0.3) is 0 Å². The van der Waals surface area contributed by atoms with Gasteiger partial charge in [-0.05, 0) is 31.1 Å². The van der Waals surface area contributed by atoms with Crippen LogP contribution in [0, 0.1) is 0 Å². The standard InChI is InChI=1S/C15H21NOS/c1-17-14-5-3-2-4-13(14)15(7-8-15)11-16-12-6-9-18-10-12/h2-5,12,16H,6-11H2,1H3/t12-/m1/s1. The first-order valence-electron chi connectivity index (χ1n) is 6.79. The third-order valence-corrected chi connectivity index (χ3v) is 5.35. The van der Waals surface area contributed by atoms with Crippen LogP contribution < -0.4 is 10.1 Å². The largest absolute Gasteiger partial charge is 0.496 e. The van der Waals surface area contributed by atoms with E-state index in [4.69, 9.17) is 4.74 Å². The van der Waals surface area contributed by atoms with E-state index in [1.807, 2.05) is 0 Å². The molecule has 0 unspecified atom stereocenters. The molecule has 1 heterocycles. The second-order valence-electron chi connectivity index (χ2n) is 5.42. The van der Waals surface area contributed by atoms with Gasteiger partial charge < -0.3 is 10.1 Å². The normalized spacial score (nSPS) is 25.1. The number of hydrogen-bond acceptors (Lipinski definition) is 3. The van der Waals surface area contributed by atoms with Crippen LogP contribution in [0.5, 0.6) is 5.75 Å². The van der Waals surface area contributed by atoms with E-state index in [-0.39, 0.29) is 0 Å². The zero-order valence-corrected chi connectivity index (χ0v) is 11.8. The lowest BCUT2D eigenvalue weighted by Crippen LogP contribution is -2.35. The maximum absolute atomic E-state index is 5.51. The molecule has 98 valence electrons. The van der Waals surface area contributed by atoms with Crippen molar-refractivity contribution in [1.29, 1.82) is 0 Å². The lowest BCUT2D eigenvalue weighted by molar-refractivity contribution is 0.399. The Kier molecular flexibility index (Phi) is 3.53. The molecule has 1 saturated carbocycles. The fourth-order valence-corrected chi connectivity index (χ4v) is 4.00. The first-order chi connectivity index (χ1) is 8.84. The summed E-state index contributed by atoms with van der Waals surface area (Å²) in [5.41, 5.74) is 1.74. The molecule has 0 bridgehead atoms. The zero-order valence-electron chi connectivity index (χ0n) is 10.9. The van der Waals surface area contributed by atoms with Gasteiger partial charge >= 0.3 is 0 Å². The summed E-state index contributed by atoms with van der Waals surface area (Å²) < 4.78 is 5.51. The van der Waals surface area contributed by atoms with Crippen LogP contribution in [0.25, 0.3) is 0 Å². The summed E-state index contributed by atoms with van der Waals surface area (Å²) in [5.74, 6) is 3.65. The van der Waals surface area contributed by atoms with Crippen LogP contribution in [0.1, 0.15) is 24.8 Å². The molecule has 3 heteroatoms. The molecule has 2 fully saturated rings. The van der Waals surface area contributed by atoms with Gasteiger partial charge in [0.2, 0.25) is 0 Å². The third-order valence-electron chi connectivity index (χ3n) is 4.19. The minimum atomic E-state index is 0.347. The number of nitrogens with one attached hydrogen (secondary N) is 1. The molecule has 3 rings (SSSR count). The SMILES string of the molecule is COc1ccccc1C1(CN[C@@H]2CCSC2)CC1. The highest BCUT2D eigenvalue weighted by Crippen LogP contribution is 2.50. The van der Waals surface area contributed by atoms with Crippen LogP contribution in [0.2, 0.25) is 0 Å². The maximum atomic E-state index is 5.51. The molecule has 0 aromatic heterocycles. The van der Waals surface area contributed by atoms with E-state index >= 15 is 0 Å². The average Bonchev–Trinajstić information content (AvgIpc) is 3.03. The summed E-state index contributed by atoms with van der Waals surface area (Å²) in [7, 11) is 1.77. The van der Waals surface area contributed by atoms with Crippen molar-refractivity contribution in [3.8, 4) is 5.75 Å². The Labute approximate surface area is 113 Å². The van der Waals surface area contributed by atoms with E-state index in [0.717, 1.165) is 18.3 Å². The monoisotopic (exact) mass is 263 g/mol. The quantitative estimate of drug-likeness (QED) is 0.882. The summed E-state index contributed by atoms with van der Waals surface area (Å²) in [5, 5.41) is 3.76. The van der Waals surface area contributed by atoms with E-state index in [1.165, 1.54) is 36.3 Å². The number of ether oxygens (including phenoxy) is 1. The lowest BCUT2D eigenvalue weighted by atomic mass is 9.94. The first-order valence-corrected chi connectivity index (χ1v) is 7.94. The Morgan fingerprint density at radius 1 is 1.39 bits per heavy atom. The van der Waals surface area contributed by atoms with Crippen LogP contribution >= 0.6 is 11.8 Å². The van der Waals surface area contributed by atoms with E-state index in [2.05, 4.69) is 41.3 Å². The van der Waals surface area contributed by atoms with Crippen LogP contribution in [-0.4, -0.2) is 31.2 Å². The van der Waals surface area contributed by atoms with Gasteiger partial charge in [-0.25, -0.2) is 0 Å². The van der Waals surface area contributed by atoms with Gasteiger partial charge in [0.1, 0.15) is 5.75 Å². The van der Waals surface area contributed by atoms with Crippen LogP contribution in [0.4, 0.5) is 0 Å². The highest BCUT2D eigenvalue weighted by molar-refractivity contribution is 7.99. The molecule has 0 spiro atoms. The number of para-hydroxylation sites is 1. The Hall–Kier alpha value is -0.670. The van der Waals surface area contributed by atoms with Crippen molar-refractivity contribution in [3.05, 3.63) is 29.8 Å². The maximum Gasteiger partial charge on any atom is 0.122 e. The second kappa shape index (κ2) is 5.14. The summed E-state index contributed by atoms with van der Waals surface area (Å²) in [6, 6.07) is 9.22. The molecule has 1 atom stereocenters. The number of rotatable bonds is 5.